The second-order valence-electron chi connectivity index (χ2n) is 6.15. The number of nitrogens with one attached hydrogen (secondary N) is 2. The van der Waals surface area contributed by atoms with Gasteiger partial charge in [0, 0.05) is 24.5 Å². The predicted octanol–water partition coefficient (Wildman–Crippen LogP) is 2.86. The molecule has 0 saturated carbocycles. The number of ether oxygens (including phenoxy) is 2. The first-order valence-electron chi connectivity index (χ1n) is 8.89. The molecule has 0 fully saturated rings. The fourth-order valence-electron chi connectivity index (χ4n) is 2.62. The average Bonchev–Trinajstić information content (AvgIpc) is 3.33. The number of carbonyl (C=O) groups is 3. The van der Waals surface area contributed by atoms with E-state index in [9.17, 15) is 14.4 Å². The van der Waals surface area contributed by atoms with Crippen molar-refractivity contribution in [2.24, 2.45) is 0 Å². The number of hydrogen-bond donors (Lipinski definition) is 2. The van der Waals surface area contributed by atoms with Crippen LogP contribution in [-0.4, -0.2) is 51.9 Å². The number of rotatable bonds is 6. The third-order valence-electron chi connectivity index (χ3n) is 4.15. The largest absolute Gasteiger partial charge is 0.465 e. The third kappa shape index (κ3) is 5.13. The quantitative estimate of drug-likeness (QED) is 0.515. The van der Waals surface area contributed by atoms with Crippen LogP contribution in [0.2, 0.25) is 10.0 Å². The summed E-state index contributed by atoms with van der Waals surface area (Å²) in [5, 5.41) is 13.3. The molecule has 11 nitrogen and oxygen atoms in total. The summed E-state index contributed by atoms with van der Waals surface area (Å²) in [6.07, 6.45) is 3.99. The highest BCUT2D eigenvalue weighted by molar-refractivity contribution is 6.42. The molecule has 0 aliphatic rings. The van der Waals surface area contributed by atoms with Gasteiger partial charge >= 0.3 is 12.1 Å². The van der Waals surface area contributed by atoms with Crippen LogP contribution < -0.4 is 10.6 Å². The molecule has 0 saturated heterocycles. The van der Waals surface area contributed by atoms with Crippen LogP contribution in [0.1, 0.15) is 26.4 Å². The number of carbonyl (C=O) groups excluding carboxylic acids is 3. The lowest BCUT2D eigenvalue weighted by molar-refractivity contribution is 0.0602. The van der Waals surface area contributed by atoms with Gasteiger partial charge in [0.2, 0.25) is 0 Å². The van der Waals surface area contributed by atoms with Crippen molar-refractivity contribution in [2.75, 3.05) is 19.5 Å². The number of esters is 1. The molecule has 0 atom stereocenters. The lowest BCUT2D eigenvalue weighted by atomic mass is 10.1. The van der Waals surface area contributed by atoms with Crippen LogP contribution in [0.5, 0.6) is 0 Å². The van der Waals surface area contributed by atoms with Crippen molar-refractivity contribution in [3.8, 4) is 5.82 Å². The molecule has 0 aliphatic heterocycles. The Labute approximate surface area is 191 Å². The van der Waals surface area contributed by atoms with Crippen molar-refractivity contribution in [3.63, 3.8) is 0 Å². The number of imidazole rings is 1. The van der Waals surface area contributed by atoms with Gasteiger partial charge in [-0.05, 0) is 18.2 Å². The number of benzene rings is 1. The number of aromatic nitrogens is 4. The zero-order chi connectivity index (χ0) is 23.3. The van der Waals surface area contributed by atoms with E-state index in [1.54, 1.807) is 17.0 Å². The van der Waals surface area contributed by atoms with Crippen molar-refractivity contribution in [1.82, 2.24) is 25.1 Å². The molecule has 2 heterocycles. The fraction of sp³-hybridized carbons (Fsp3) is 0.158. The van der Waals surface area contributed by atoms with Gasteiger partial charge in [-0.2, -0.15) is 0 Å². The van der Waals surface area contributed by atoms with Crippen molar-refractivity contribution in [3.05, 3.63) is 63.8 Å². The van der Waals surface area contributed by atoms with E-state index in [2.05, 4.69) is 30.6 Å². The van der Waals surface area contributed by atoms with Crippen LogP contribution in [0.4, 0.5) is 10.5 Å². The molecule has 0 aliphatic carbocycles. The zero-order valence-electron chi connectivity index (χ0n) is 16.8. The van der Waals surface area contributed by atoms with Crippen LogP contribution in [0.3, 0.4) is 0 Å². The first-order chi connectivity index (χ1) is 15.3. The summed E-state index contributed by atoms with van der Waals surface area (Å²) in [5.41, 5.74) is 0.449. The Morgan fingerprint density at radius 1 is 1.06 bits per heavy atom. The SMILES string of the molecule is COC(=O)NCc1cc(C(=O)Nc2cc(Cl)c(Cl)cc2C(=O)OC)nnc1-n1ccnc1. The summed E-state index contributed by atoms with van der Waals surface area (Å²) in [6, 6.07) is 4.04. The van der Waals surface area contributed by atoms with E-state index in [0.29, 0.717) is 11.4 Å². The summed E-state index contributed by atoms with van der Waals surface area (Å²) in [5.74, 6) is -1.05. The Hall–Kier alpha value is -3.70. The van der Waals surface area contributed by atoms with Crippen molar-refractivity contribution in [2.45, 2.75) is 6.54 Å². The van der Waals surface area contributed by atoms with Crippen molar-refractivity contribution < 1.29 is 23.9 Å². The van der Waals surface area contributed by atoms with Crippen LogP contribution in [0.15, 0.2) is 36.9 Å². The molecule has 13 heteroatoms. The second-order valence-corrected chi connectivity index (χ2v) is 6.97. The third-order valence-corrected chi connectivity index (χ3v) is 4.88. The molecule has 2 N–H and O–H groups in total. The highest BCUT2D eigenvalue weighted by Crippen LogP contribution is 2.30. The summed E-state index contributed by atoms with van der Waals surface area (Å²) < 4.78 is 10.9. The van der Waals surface area contributed by atoms with Crippen LogP contribution in [0, 0.1) is 0 Å². The van der Waals surface area contributed by atoms with Gasteiger partial charge in [-0.25, -0.2) is 14.6 Å². The van der Waals surface area contributed by atoms with Crippen molar-refractivity contribution >= 4 is 46.9 Å². The van der Waals surface area contributed by atoms with Gasteiger partial charge in [-0.1, -0.05) is 23.2 Å². The van der Waals surface area contributed by atoms with E-state index in [1.165, 1.54) is 38.7 Å². The minimum atomic E-state index is -0.719. The first-order valence-corrected chi connectivity index (χ1v) is 9.65. The smallest absolute Gasteiger partial charge is 0.407 e. The van der Waals surface area contributed by atoms with E-state index < -0.39 is 18.0 Å². The minimum absolute atomic E-state index is 0.00380. The monoisotopic (exact) mass is 478 g/mol. The van der Waals surface area contributed by atoms with Crippen LogP contribution in [0.25, 0.3) is 5.82 Å². The molecule has 3 aromatic rings. The van der Waals surface area contributed by atoms with E-state index in [0.717, 1.165) is 0 Å². The Balaban J connectivity index is 1.94. The molecule has 3 rings (SSSR count). The molecular formula is C19H16Cl2N6O5. The number of anilines is 1. The van der Waals surface area contributed by atoms with Gasteiger partial charge in [-0.3, -0.25) is 9.36 Å². The zero-order valence-corrected chi connectivity index (χ0v) is 18.3. The molecule has 32 heavy (non-hydrogen) atoms. The maximum atomic E-state index is 12.8. The van der Waals surface area contributed by atoms with E-state index in [4.69, 9.17) is 27.9 Å². The standard InChI is InChI=1S/C19H16Cl2N6O5/c1-31-18(29)11-6-12(20)13(21)7-14(11)24-17(28)15-5-10(8-23-19(30)32-2)16(26-25-15)27-4-3-22-9-27/h3-7,9H,8H2,1-2H3,(H,23,30)(H,24,28). The molecule has 0 unspecified atom stereocenters. The second kappa shape index (κ2) is 10.1. The van der Waals surface area contributed by atoms with Crippen LogP contribution >= 0.6 is 23.2 Å². The number of alkyl carbamates (subject to hydrolysis) is 1. The Kier molecular flexibility index (Phi) is 7.23. The fourth-order valence-corrected chi connectivity index (χ4v) is 2.95. The molecule has 2 amide bonds. The summed E-state index contributed by atoms with van der Waals surface area (Å²) in [7, 11) is 2.42. The molecular weight excluding hydrogens is 463 g/mol. The van der Waals surface area contributed by atoms with Gasteiger partial charge in [0.25, 0.3) is 5.91 Å². The predicted molar refractivity (Wildman–Crippen MR) is 114 cm³/mol. The average molecular weight is 479 g/mol. The Morgan fingerprint density at radius 3 is 2.47 bits per heavy atom. The van der Waals surface area contributed by atoms with E-state index in [1.807, 2.05) is 0 Å². The minimum Gasteiger partial charge on any atom is -0.465 e. The summed E-state index contributed by atoms with van der Waals surface area (Å²) in [6.45, 7) is -0.00380. The lowest BCUT2D eigenvalue weighted by Crippen LogP contribution is -2.24. The molecule has 2 aromatic heterocycles. The maximum Gasteiger partial charge on any atom is 0.407 e. The topological polar surface area (TPSA) is 137 Å². The van der Waals surface area contributed by atoms with E-state index >= 15 is 0 Å². The van der Waals surface area contributed by atoms with Gasteiger partial charge in [0.05, 0.1) is 35.5 Å². The number of amides is 2. The van der Waals surface area contributed by atoms with Crippen LogP contribution in [-0.2, 0) is 16.0 Å². The molecule has 166 valence electrons. The number of halogens is 2. The van der Waals surface area contributed by atoms with Gasteiger partial charge in [-0.15, -0.1) is 10.2 Å². The highest BCUT2D eigenvalue weighted by Gasteiger charge is 2.20. The molecule has 0 spiro atoms. The molecule has 0 radical (unpaired) electrons. The van der Waals surface area contributed by atoms with Gasteiger partial charge in [0.15, 0.2) is 11.5 Å². The Morgan fingerprint density at radius 2 is 1.81 bits per heavy atom. The summed E-state index contributed by atoms with van der Waals surface area (Å²) >= 11 is 12.0. The lowest BCUT2D eigenvalue weighted by Gasteiger charge is -2.13. The van der Waals surface area contributed by atoms with E-state index in [-0.39, 0.29) is 33.5 Å². The van der Waals surface area contributed by atoms with Gasteiger partial charge in [0.1, 0.15) is 6.33 Å². The van der Waals surface area contributed by atoms with Gasteiger partial charge < -0.3 is 20.1 Å². The molecule has 1 aromatic carbocycles. The number of hydrogen-bond acceptors (Lipinski definition) is 8. The van der Waals surface area contributed by atoms with Crippen molar-refractivity contribution in [1.29, 1.82) is 0 Å². The summed E-state index contributed by atoms with van der Waals surface area (Å²) in [4.78, 5) is 40.4. The highest BCUT2D eigenvalue weighted by atomic mass is 35.5. The molecule has 0 bridgehead atoms. The number of nitrogens with zero attached hydrogens (tertiary/aromatic N) is 4. The Bertz CT molecular complexity index is 1170. The number of methoxy groups -OCH3 is 2. The first kappa shape index (κ1) is 23.0. The normalized spacial score (nSPS) is 10.4. The maximum absolute atomic E-state index is 12.8.